The lowest BCUT2D eigenvalue weighted by molar-refractivity contribution is -0.150. The first-order valence-corrected chi connectivity index (χ1v) is 14.3. The maximum atomic E-state index is 14.5. The number of carbonyl (C=O) groups is 4. The number of ketones is 3. The van der Waals surface area contributed by atoms with Crippen LogP contribution in [0.4, 0.5) is 0 Å². The van der Waals surface area contributed by atoms with Crippen LogP contribution in [0.25, 0.3) is 6.08 Å². The van der Waals surface area contributed by atoms with E-state index in [1.807, 2.05) is 50.3 Å². The minimum Gasteiger partial charge on any atom is -0.493 e. The molecule has 3 aliphatic heterocycles. The quantitative estimate of drug-likeness (QED) is 0.269. The number of rotatable bonds is 7. The van der Waals surface area contributed by atoms with Crippen molar-refractivity contribution in [3.05, 3.63) is 86.3 Å². The van der Waals surface area contributed by atoms with Crippen molar-refractivity contribution in [1.82, 2.24) is 9.80 Å². The van der Waals surface area contributed by atoms with Crippen molar-refractivity contribution in [1.29, 1.82) is 0 Å². The zero-order chi connectivity index (χ0) is 31.6. The summed E-state index contributed by atoms with van der Waals surface area (Å²) in [6, 6.07) is 6.76. The molecule has 2 aromatic carbocycles. The number of benzene rings is 2. The highest BCUT2D eigenvalue weighted by Gasteiger charge is 2.59. The summed E-state index contributed by atoms with van der Waals surface area (Å²) in [6.07, 6.45) is 1.86. The molecule has 0 unspecified atom stereocenters. The molecule has 2 aromatic rings. The second-order valence-electron chi connectivity index (χ2n) is 11.4. The molecule has 0 radical (unpaired) electrons. The second-order valence-corrected chi connectivity index (χ2v) is 11.4. The highest BCUT2D eigenvalue weighted by Crippen LogP contribution is 2.52. The van der Waals surface area contributed by atoms with Gasteiger partial charge in [-0.2, -0.15) is 0 Å². The van der Waals surface area contributed by atoms with Crippen LogP contribution in [-0.4, -0.2) is 80.1 Å². The van der Waals surface area contributed by atoms with Crippen molar-refractivity contribution in [2.45, 2.75) is 45.5 Å². The van der Waals surface area contributed by atoms with Gasteiger partial charge in [0, 0.05) is 22.4 Å². The number of hydrogen-bond donors (Lipinski definition) is 0. The number of carbonyl (C=O) groups excluding carboxylic acids is 4. The number of Topliss-reactive ketones (excluding diaryl/α,β-unsaturated/α-hetero) is 3. The fraction of sp³-hybridized carbons (Fsp3) is 0.353. The van der Waals surface area contributed by atoms with Crippen LogP contribution in [0.15, 0.2) is 58.5 Å². The number of likely N-dealkylation sites (N-methyl/N-ethyl adjacent to an activating group) is 1. The number of ether oxygens (including phenoxy) is 4. The summed E-state index contributed by atoms with van der Waals surface area (Å²) in [5, 5.41) is 0. The lowest BCUT2D eigenvalue weighted by Gasteiger charge is -2.53. The first-order valence-electron chi connectivity index (χ1n) is 14.3. The van der Waals surface area contributed by atoms with E-state index in [1.165, 1.54) is 14.0 Å². The Morgan fingerprint density at radius 1 is 0.818 bits per heavy atom. The van der Waals surface area contributed by atoms with E-state index in [2.05, 4.69) is 0 Å². The molecule has 6 rings (SSSR count). The lowest BCUT2D eigenvalue weighted by atomic mass is 9.72. The summed E-state index contributed by atoms with van der Waals surface area (Å²) in [5.41, 5.74) is 4.49. The largest absolute Gasteiger partial charge is 0.493 e. The second kappa shape index (κ2) is 10.9. The van der Waals surface area contributed by atoms with E-state index in [0.29, 0.717) is 22.8 Å². The Balaban J connectivity index is 1.58. The van der Waals surface area contributed by atoms with Gasteiger partial charge in [0.2, 0.25) is 5.78 Å². The van der Waals surface area contributed by atoms with Crippen LogP contribution in [0.5, 0.6) is 11.5 Å². The Bertz CT molecular complexity index is 1740. The first-order chi connectivity index (χ1) is 21.1. The van der Waals surface area contributed by atoms with Gasteiger partial charge >= 0.3 is 0 Å². The van der Waals surface area contributed by atoms with Crippen LogP contribution in [-0.2, 0) is 35.3 Å². The highest BCUT2D eigenvalue weighted by atomic mass is 16.5. The fourth-order valence-corrected chi connectivity index (χ4v) is 7.01. The number of allylic oxidation sites excluding steroid dienone is 2. The highest BCUT2D eigenvalue weighted by molar-refractivity contribution is 6.39. The van der Waals surface area contributed by atoms with Crippen molar-refractivity contribution >= 4 is 29.3 Å². The number of hydrogen-bond acceptors (Lipinski definition) is 9. The van der Waals surface area contributed by atoms with Gasteiger partial charge in [0.25, 0.3) is 5.91 Å². The zero-order valence-corrected chi connectivity index (χ0v) is 25.8. The maximum absolute atomic E-state index is 14.5. The van der Waals surface area contributed by atoms with Gasteiger partial charge in [0.15, 0.2) is 34.9 Å². The van der Waals surface area contributed by atoms with E-state index >= 15 is 0 Å². The summed E-state index contributed by atoms with van der Waals surface area (Å²) >= 11 is 0. The molecule has 1 aliphatic carbocycles. The standard InChI is InChI=1S/C34H34N2O8/c1-16-17(2)32(42-6)33(43-7)23-20(16)13-21-26-24-25(28(37)18(3)31(41-5)30(24)39)29(38)27(35(26)4)34(40)36(21)22(23)15-44-14-19-11-9-8-10-12-19/h8-13,22,26-27H,14-15H2,1-7H3/t22-,26-,27+/m0/s1. The van der Waals surface area contributed by atoms with Crippen LogP contribution in [0, 0.1) is 13.8 Å². The normalized spacial score (nSPS) is 22.9. The Labute approximate surface area is 255 Å². The van der Waals surface area contributed by atoms with Gasteiger partial charge in [-0.1, -0.05) is 30.3 Å². The van der Waals surface area contributed by atoms with Gasteiger partial charge in [-0.3, -0.25) is 24.1 Å². The predicted molar refractivity (Wildman–Crippen MR) is 160 cm³/mol. The average molecular weight is 599 g/mol. The molecule has 4 aliphatic rings. The summed E-state index contributed by atoms with van der Waals surface area (Å²) in [7, 11) is 6.06. The third-order valence-electron chi connectivity index (χ3n) is 9.23. The molecule has 0 aromatic heterocycles. The third-order valence-corrected chi connectivity index (χ3v) is 9.23. The molecule has 3 atom stereocenters. The van der Waals surface area contributed by atoms with Crippen molar-refractivity contribution < 1.29 is 38.1 Å². The molecule has 10 heteroatoms. The summed E-state index contributed by atoms with van der Waals surface area (Å²) in [5.74, 6) is -1.45. The molecule has 0 N–H and O–H groups in total. The molecular formula is C34H34N2O8. The van der Waals surface area contributed by atoms with Crippen molar-refractivity contribution in [3.63, 3.8) is 0 Å². The molecule has 0 spiro atoms. The van der Waals surface area contributed by atoms with E-state index in [-0.39, 0.29) is 35.7 Å². The Hall–Kier alpha value is -4.54. The van der Waals surface area contributed by atoms with E-state index < -0.39 is 41.4 Å². The van der Waals surface area contributed by atoms with E-state index in [4.69, 9.17) is 18.9 Å². The van der Waals surface area contributed by atoms with Crippen LogP contribution < -0.4 is 9.47 Å². The molecule has 0 saturated carbocycles. The molecule has 1 saturated heterocycles. The zero-order valence-electron chi connectivity index (χ0n) is 25.8. The molecule has 3 heterocycles. The van der Waals surface area contributed by atoms with Crippen LogP contribution >= 0.6 is 0 Å². The van der Waals surface area contributed by atoms with Crippen LogP contribution in [0.1, 0.15) is 40.8 Å². The minimum absolute atomic E-state index is 0.0206. The van der Waals surface area contributed by atoms with Gasteiger partial charge in [0.05, 0.1) is 52.2 Å². The molecule has 1 fully saturated rings. The number of nitrogens with zero attached hydrogens (tertiary/aromatic N) is 2. The van der Waals surface area contributed by atoms with Crippen LogP contribution in [0.3, 0.4) is 0 Å². The molecule has 1 amide bonds. The van der Waals surface area contributed by atoms with E-state index in [9.17, 15) is 19.2 Å². The Morgan fingerprint density at radius 3 is 2.14 bits per heavy atom. The summed E-state index contributed by atoms with van der Waals surface area (Å²) in [6.45, 7) is 5.69. The van der Waals surface area contributed by atoms with E-state index in [1.54, 1.807) is 31.1 Å². The molecular weight excluding hydrogens is 564 g/mol. The lowest BCUT2D eigenvalue weighted by Crippen LogP contribution is -2.67. The monoisotopic (exact) mass is 598 g/mol. The Morgan fingerprint density at radius 2 is 1.50 bits per heavy atom. The Kier molecular flexibility index (Phi) is 7.30. The van der Waals surface area contributed by atoms with Crippen molar-refractivity contribution in [2.24, 2.45) is 0 Å². The molecule has 44 heavy (non-hydrogen) atoms. The van der Waals surface area contributed by atoms with Gasteiger partial charge < -0.3 is 23.8 Å². The number of piperazine rings is 1. The first kappa shape index (κ1) is 29.5. The molecule has 10 nitrogen and oxygen atoms in total. The number of fused-ring (bicyclic) bond motifs is 6. The molecule has 228 valence electrons. The third kappa shape index (κ3) is 4.01. The van der Waals surface area contributed by atoms with Crippen molar-refractivity contribution in [3.8, 4) is 11.5 Å². The van der Waals surface area contributed by atoms with Crippen molar-refractivity contribution in [2.75, 3.05) is 35.0 Å². The van der Waals surface area contributed by atoms with E-state index in [0.717, 1.165) is 22.3 Å². The topological polar surface area (TPSA) is 112 Å². The van der Waals surface area contributed by atoms with Crippen LogP contribution in [0.2, 0.25) is 0 Å². The maximum Gasteiger partial charge on any atom is 0.252 e. The average Bonchev–Trinajstić information content (AvgIpc) is 3.01. The van der Waals surface area contributed by atoms with Gasteiger partial charge in [-0.25, -0.2) is 0 Å². The smallest absolute Gasteiger partial charge is 0.252 e. The minimum atomic E-state index is -1.30. The van der Waals surface area contributed by atoms with Gasteiger partial charge in [0.1, 0.15) is 0 Å². The fourth-order valence-electron chi connectivity index (χ4n) is 7.01. The number of methoxy groups -OCH3 is 3. The van der Waals surface area contributed by atoms with Gasteiger partial charge in [-0.05, 0) is 56.1 Å². The summed E-state index contributed by atoms with van der Waals surface area (Å²) < 4.78 is 23.3. The SMILES string of the molecule is COC1=C(C)C(=O)C2=C(C1=O)[C@@H]1C3=Cc4c(C)c(C)c(OC)c(OC)c4[C@H](COCc4ccccc4)N3C(=O)[C@@H](C2=O)N1C. The summed E-state index contributed by atoms with van der Waals surface area (Å²) in [4.78, 5) is 58.9. The van der Waals surface area contributed by atoms with Gasteiger partial charge in [-0.15, -0.1) is 0 Å². The predicted octanol–water partition coefficient (Wildman–Crippen LogP) is 3.40. The number of amides is 1. The molecule has 2 bridgehead atoms.